The molecule has 0 saturated heterocycles. The lowest BCUT2D eigenvalue weighted by molar-refractivity contribution is 0.324. The number of fused-ring (bicyclic) bond motifs is 7. The Labute approximate surface area is 300 Å². The SMILES string of the molecule is C=C.c1ccc(N2Oc3ccccc3Cc3cc(-c4ccc(-c5ccc6c(c5)C5c7ccccc7CC5N6c5ccccc5)cc4)ccc32)cc1. The van der Waals surface area contributed by atoms with Crippen molar-refractivity contribution < 1.29 is 4.84 Å². The minimum Gasteiger partial charge on any atom is -0.374 e. The molecule has 0 spiro atoms. The van der Waals surface area contributed by atoms with E-state index in [9.17, 15) is 0 Å². The molecular weight excluding hydrogens is 621 g/mol. The second-order valence-corrected chi connectivity index (χ2v) is 13.4. The van der Waals surface area contributed by atoms with Crippen molar-refractivity contribution in [3.8, 4) is 28.0 Å². The number of hydrogen-bond acceptors (Lipinski definition) is 3. The van der Waals surface area contributed by atoms with Crippen LogP contribution in [-0.2, 0) is 12.8 Å². The van der Waals surface area contributed by atoms with Gasteiger partial charge in [-0.1, -0.05) is 115 Å². The van der Waals surface area contributed by atoms with E-state index < -0.39 is 0 Å². The number of hydrogen-bond donors (Lipinski definition) is 0. The van der Waals surface area contributed by atoms with Crippen molar-refractivity contribution in [1.29, 1.82) is 0 Å². The van der Waals surface area contributed by atoms with Gasteiger partial charge in [-0.15, -0.1) is 13.2 Å². The Morgan fingerprint density at radius 3 is 1.76 bits per heavy atom. The van der Waals surface area contributed by atoms with Crippen LogP contribution >= 0.6 is 0 Å². The molecule has 7 aromatic rings. The maximum Gasteiger partial charge on any atom is 0.159 e. The van der Waals surface area contributed by atoms with Gasteiger partial charge < -0.3 is 9.74 Å². The Balaban J connectivity index is 0.00000171. The smallest absolute Gasteiger partial charge is 0.159 e. The van der Waals surface area contributed by atoms with E-state index in [1.165, 1.54) is 61.4 Å². The summed E-state index contributed by atoms with van der Waals surface area (Å²) in [6.07, 6.45) is 1.87. The standard InChI is InChI=1S/C46H34N2O.C2H4/c1-3-13-38(14-4-1)47-43-26-24-34(29-41(43)46-40-17-9-7-11-35(40)30-44(46)47)32-21-19-31(20-22-32)33-23-25-42-37(27-33)28-36-12-8-10-18-45(36)49-48(42)39-15-5-2-6-16-39;1-2/h1-27,29,44,46H,28,30H2;1-2H2. The predicted octanol–water partition coefficient (Wildman–Crippen LogP) is 12.1. The Morgan fingerprint density at radius 1 is 0.471 bits per heavy atom. The van der Waals surface area contributed by atoms with E-state index in [1.54, 1.807) is 0 Å². The van der Waals surface area contributed by atoms with E-state index in [1.807, 2.05) is 17.2 Å². The number of benzene rings is 7. The normalized spacial score (nSPS) is 16.3. The van der Waals surface area contributed by atoms with Crippen LogP contribution in [0, 0.1) is 0 Å². The van der Waals surface area contributed by atoms with Crippen LogP contribution in [0.4, 0.5) is 22.7 Å². The van der Waals surface area contributed by atoms with E-state index in [4.69, 9.17) is 4.84 Å². The van der Waals surface area contributed by atoms with Gasteiger partial charge in [0, 0.05) is 35.3 Å². The molecule has 2 atom stereocenters. The number of para-hydroxylation sites is 3. The van der Waals surface area contributed by atoms with Gasteiger partial charge in [0.2, 0.25) is 0 Å². The summed E-state index contributed by atoms with van der Waals surface area (Å²) in [5, 5.41) is 1.97. The van der Waals surface area contributed by atoms with E-state index in [-0.39, 0.29) is 0 Å². The summed E-state index contributed by atoms with van der Waals surface area (Å²) < 4.78 is 0. The van der Waals surface area contributed by atoms with E-state index in [0.29, 0.717) is 12.0 Å². The zero-order valence-corrected chi connectivity index (χ0v) is 28.5. The van der Waals surface area contributed by atoms with Crippen LogP contribution < -0.4 is 14.8 Å². The fourth-order valence-corrected chi connectivity index (χ4v) is 8.30. The fourth-order valence-electron chi connectivity index (χ4n) is 8.30. The van der Waals surface area contributed by atoms with Gasteiger partial charge in [-0.2, -0.15) is 5.06 Å². The molecule has 10 rings (SSSR count). The van der Waals surface area contributed by atoms with Gasteiger partial charge in [0.25, 0.3) is 0 Å². The third-order valence-electron chi connectivity index (χ3n) is 10.6. The maximum atomic E-state index is 6.52. The van der Waals surface area contributed by atoms with E-state index >= 15 is 0 Å². The van der Waals surface area contributed by atoms with Crippen LogP contribution in [0.3, 0.4) is 0 Å². The molecule has 0 fully saturated rings. The minimum absolute atomic E-state index is 0.370. The molecule has 0 N–H and O–H groups in total. The van der Waals surface area contributed by atoms with Crippen molar-refractivity contribution in [2.45, 2.75) is 24.8 Å². The molecule has 1 aliphatic carbocycles. The molecule has 0 aromatic heterocycles. The van der Waals surface area contributed by atoms with Crippen molar-refractivity contribution in [3.05, 3.63) is 211 Å². The zero-order chi connectivity index (χ0) is 34.3. The summed E-state index contributed by atoms with van der Waals surface area (Å²) >= 11 is 0. The second kappa shape index (κ2) is 12.9. The molecule has 3 heteroatoms. The molecule has 2 heterocycles. The zero-order valence-electron chi connectivity index (χ0n) is 28.5. The molecule has 3 aliphatic rings. The lowest BCUT2D eigenvalue weighted by atomic mass is 9.90. The maximum absolute atomic E-state index is 6.52. The fraction of sp³-hybridized carbons (Fsp3) is 0.0833. The van der Waals surface area contributed by atoms with Crippen molar-refractivity contribution in [2.75, 3.05) is 9.96 Å². The van der Waals surface area contributed by atoms with Crippen molar-refractivity contribution in [3.63, 3.8) is 0 Å². The number of nitrogens with zero attached hydrogens (tertiary/aromatic N) is 2. The van der Waals surface area contributed by atoms with Crippen LogP contribution in [0.1, 0.15) is 33.7 Å². The average molecular weight is 659 g/mol. The van der Waals surface area contributed by atoms with Crippen molar-refractivity contribution in [2.24, 2.45) is 0 Å². The molecule has 0 radical (unpaired) electrons. The van der Waals surface area contributed by atoms with Gasteiger partial charge in [0.15, 0.2) is 5.75 Å². The molecule has 51 heavy (non-hydrogen) atoms. The highest BCUT2D eigenvalue weighted by Crippen LogP contribution is 2.54. The Hall–Kier alpha value is -6.32. The lowest BCUT2D eigenvalue weighted by Crippen LogP contribution is -2.28. The third kappa shape index (κ3) is 5.30. The van der Waals surface area contributed by atoms with Gasteiger partial charge in [0.1, 0.15) is 0 Å². The highest BCUT2D eigenvalue weighted by molar-refractivity contribution is 5.81. The molecule has 246 valence electrons. The molecule has 0 bridgehead atoms. The van der Waals surface area contributed by atoms with Gasteiger partial charge in [-0.05, 0) is 106 Å². The molecule has 3 nitrogen and oxygen atoms in total. The Kier molecular flexibility index (Phi) is 7.74. The van der Waals surface area contributed by atoms with Crippen molar-refractivity contribution >= 4 is 22.7 Å². The first-order valence-electron chi connectivity index (χ1n) is 17.7. The summed E-state index contributed by atoms with van der Waals surface area (Å²) in [7, 11) is 0. The van der Waals surface area contributed by atoms with Crippen LogP contribution in [0.2, 0.25) is 0 Å². The van der Waals surface area contributed by atoms with E-state index in [0.717, 1.165) is 30.0 Å². The highest BCUT2D eigenvalue weighted by Gasteiger charge is 2.45. The van der Waals surface area contributed by atoms with Crippen LogP contribution in [-0.4, -0.2) is 6.04 Å². The second-order valence-electron chi connectivity index (χ2n) is 13.4. The molecular formula is C48H38N2O. The minimum atomic E-state index is 0.370. The van der Waals surface area contributed by atoms with Crippen LogP contribution in [0.5, 0.6) is 5.75 Å². The molecule has 2 unspecified atom stereocenters. The first kappa shape index (κ1) is 30.7. The van der Waals surface area contributed by atoms with Crippen LogP contribution in [0.15, 0.2) is 183 Å². The number of rotatable bonds is 4. The first-order chi connectivity index (χ1) is 25.3. The van der Waals surface area contributed by atoms with Crippen LogP contribution in [0.25, 0.3) is 22.3 Å². The van der Waals surface area contributed by atoms with E-state index in [2.05, 4.69) is 176 Å². The van der Waals surface area contributed by atoms with Gasteiger partial charge in [-0.3, -0.25) is 0 Å². The summed E-state index contributed by atoms with van der Waals surface area (Å²) in [6.45, 7) is 6.00. The molecule has 0 saturated carbocycles. The average Bonchev–Trinajstić information content (AvgIpc) is 3.67. The van der Waals surface area contributed by atoms with Gasteiger partial charge in [0.05, 0.1) is 11.4 Å². The molecule has 2 aliphatic heterocycles. The largest absolute Gasteiger partial charge is 0.374 e. The van der Waals surface area contributed by atoms with Gasteiger partial charge in [-0.25, -0.2) is 0 Å². The van der Waals surface area contributed by atoms with Gasteiger partial charge >= 0.3 is 0 Å². The summed E-state index contributed by atoms with van der Waals surface area (Å²) in [6, 6.07) is 61.9. The molecule has 0 amide bonds. The topological polar surface area (TPSA) is 15.7 Å². The monoisotopic (exact) mass is 658 g/mol. The highest BCUT2D eigenvalue weighted by atomic mass is 16.7. The third-order valence-corrected chi connectivity index (χ3v) is 10.6. The summed E-state index contributed by atoms with van der Waals surface area (Å²) in [4.78, 5) is 9.10. The Bertz CT molecular complexity index is 2350. The lowest BCUT2D eigenvalue weighted by Gasteiger charge is -2.27. The van der Waals surface area contributed by atoms with Crippen molar-refractivity contribution in [1.82, 2.24) is 0 Å². The quantitative estimate of drug-likeness (QED) is 0.175. The summed E-state index contributed by atoms with van der Waals surface area (Å²) in [5.41, 5.74) is 16.4. The first-order valence-corrected chi connectivity index (χ1v) is 17.7. The molecule has 7 aromatic carbocycles. The number of anilines is 4. The predicted molar refractivity (Wildman–Crippen MR) is 211 cm³/mol. The summed E-state index contributed by atoms with van der Waals surface area (Å²) in [5.74, 6) is 1.26. The Morgan fingerprint density at radius 2 is 1.04 bits per heavy atom.